The fourth-order valence-corrected chi connectivity index (χ4v) is 6.01. The number of hydrogen-bond acceptors (Lipinski definition) is 4. The van der Waals surface area contributed by atoms with Gasteiger partial charge in [0.05, 0.1) is 21.2 Å². The van der Waals surface area contributed by atoms with Gasteiger partial charge in [-0.05, 0) is 31.4 Å². The van der Waals surface area contributed by atoms with E-state index in [1.807, 2.05) is 0 Å². The zero-order chi connectivity index (χ0) is 25.1. The molecular weight excluding hydrogens is 520 g/mol. The lowest BCUT2D eigenvalue weighted by Gasteiger charge is -2.50. The van der Waals surface area contributed by atoms with Crippen molar-refractivity contribution in [2.24, 2.45) is 0 Å². The summed E-state index contributed by atoms with van der Waals surface area (Å²) in [5.41, 5.74) is -1.97. The van der Waals surface area contributed by atoms with Gasteiger partial charge in [-0.3, -0.25) is 9.69 Å². The van der Waals surface area contributed by atoms with E-state index in [4.69, 9.17) is 23.2 Å². The average molecular weight is 548 g/mol. The molecule has 1 amide bonds. The van der Waals surface area contributed by atoms with Gasteiger partial charge in [0.2, 0.25) is 5.92 Å². The van der Waals surface area contributed by atoms with Crippen molar-refractivity contribution in [3.05, 3.63) is 33.3 Å². The molecule has 1 aromatic rings. The molecule has 1 aliphatic carbocycles. The minimum atomic E-state index is -4.66. The van der Waals surface area contributed by atoms with Crippen LogP contribution in [0.5, 0.6) is 0 Å². The Labute approximate surface area is 210 Å². The van der Waals surface area contributed by atoms with E-state index < -0.39 is 39.2 Å². The van der Waals surface area contributed by atoms with Gasteiger partial charge in [-0.2, -0.15) is 13.2 Å². The van der Waals surface area contributed by atoms with Crippen LogP contribution in [0.3, 0.4) is 0 Å². The van der Waals surface area contributed by atoms with E-state index in [1.54, 1.807) is 11.9 Å². The summed E-state index contributed by atoms with van der Waals surface area (Å²) in [5.74, 6) is -2.45. The number of benzene rings is 1. The van der Waals surface area contributed by atoms with E-state index >= 15 is 0 Å². The number of carbonyl (C=O) groups is 1. The van der Waals surface area contributed by atoms with Crippen molar-refractivity contribution in [2.45, 2.75) is 56.7 Å². The summed E-state index contributed by atoms with van der Waals surface area (Å²) in [7, 11) is 0. The number of hydrogen-bond donors (Lipinski definition) is 1. The third kappa shape index (κ3) is 6.69. The second-order valence-electron chi connectivity index (χ2n) is 8.82. The van der Waals surface area contributed by atoms with E-state index in [2.05, 4.69) is 21.4 Å². The highest BCUT2D eigenvalue weighted by atomic mass is 35.5. The highest BCUT2D eigenvalue weighted by molar-refractivity contribution is 7.97. The van der Waals surface area contributed by atoms with Crippen LogP contribution in [0.1, 0.15) is 54.9 Å². The molecule has 1 N–H and O–H groups in total. The van der Waals surface area contributed by atoms with Crippen molar-refractivity contribution in [2.75, 3.05) is 38.5 Å². The Morgan fingerprint density at radius 2 is 1.62 bits per heavy atom. The molecule has 0 atom stereocenters. The molecule has 0 spiro atoms. The molecule has 3 rings (SSSR count). The standard InChI is InChI=1S/C22H28Cl2F5N3OS/c1-2-11-34-32-9-7-31(8-10-32)20(3-5-21(25,26)6-4-20)14-30-19(33)18-16(23)12-15(13-17(18)24)22(27,28)29/h12-13H,2-11,14H2,1H3,(H,30,33). The summed E-state index contributed by atoms with van der Waals surface area (Å²) in [6.07, 6.45) is -3.75. The number of piperazine rings is 1. The lowest BCUT2D eigenvalue weighted by Crippen LogP contribution is -2.62. The van der Waals surface area contributed by atoms with E-state index in [0.29, 0.717) is 25.2 Å². The van der Waals surface area contributed by atoms with Crippen LogP contribution >= 0.6 is 35.1 Å². The van der Waals surface area contributed by atoms with Gasteiger partial charge in [-0.1, -0.05) is 42.1 Å². The SMILES string of the molecule is CCCSN1CCN(C2(CNC(=O)c3c(Cl)cc(C(F)(F)F)cc3Cl)CCC(F)(F)CC2)CC1. The number of nitrogens with one attached hydrogen (secondary N) is 1. The van der Waals surface area contributed by atoms with Crippen LogP contribution in [0.15, 0.2) is 12.1 Å². The summed E-state index contributed by atoms with van der Waals surface area (Å²) in [4.78, 5) is 15.0. The minimum absolute atomic E-state index is 0.0810. The predicted octanol–water partition coefficient (Wildman–Crippen LogP) is 6.37. The molecule has 0 radical (unpaired) electrons. The molecule has 4 nitrogen and oxygen atoms in total. The summed E-state index contributed by atoms with van der Waals surface area (Å²) < 4.78 is 69.2. The van der Waals surface area contributed by atoms with Gasteiger partial charge < -0.3 is 5.32 Å². The first-order chi connectivity index (χ1) is 15.9. The van der Waals surface area contributed by atoms with Gasteiger partial charge in [0.25, 0.3) is 5.91 Å². The Kier molecular flexibility index (Phi) is 9.04. The monoisotopic (exact) mass is 547 g/mol. The maximum Gasteiger partial charge on any atom is 0.416 e. The summed E-state index contributed by atoms with van der Waals surface area (Å²) in [5, 5.41) is 1.90. The third-order valence-corrected chi connectivity index (χ3v) is 8.39. The van der Waals surface area contributed by atoms with Crippen molar-refractivity contribution in [1.82, 2.24) is 14.5 Å². The van der Waals surface area contributed by atoms with Gasteiger partial charge in [-0.25, -0.2) is 13.1 Å². The maximum absolute atomic E-state index is 14.0. The summed E-state index contributed by atoms with van der Waals surface area (Å²) in [6, 6.07) is 1.32. The van der Waals surface area contributed by atoms with E-state index in [-0.39, 0.29) is 37.8 Å². The van der Waals surface area contributed by atoms with Crippen molar-refractivity contribution >= 4 is 41.1 Å². The zero-order valence-corrected chi connectivity index (χ0v) is 21.1. The molecule has 0 unspecified atom stereocenters. The summed E-state index contributed by atoms with van der Waals surface area (Å²) in [6.45, 7) is 5.12. The van der Waals surface area contributed by atoms with Crippen molar-refractivity contribution in [3.63, 3.8) is 0 Å². The lowest BCUT2D eigenvalue weighted by atomic mass is 9.78. The number of amides is 1. The molecule has 1 saturated heterocycles. The average Bonchev–Trinajstić information content (AvgIpc) is 2.76. The number of halogens is 7. The smallest absolute Gasteiger partial charge is 0.350 e. The second kappa shape index (κ2) is 11.1. The van der Waals surface area contributed by atoms with Crippen LogP contribution in [0.4, 0.5) is 22.0 Å². The minimum Gasteiger partial charge on any atom is -0.350 e. The lowest BCUT2D eigenvalue weighted by molar-refractivity contribution is -0.137. The fourth-order valence-electron chi connectivity index (χ4n) is 4.48. The third-order valence-electron chi connectivity index (χ3n) is 6.47. The van der Waals surface area contributed by atoms with Crippen LogP contribution in [0.25, 0.3) is 0 Å². The molecule has 34 heavy (non-hydrogen) atoms. The van der Waals surface area contributed by atoms with Crippen LogP contribution in [0.2, 0.25) is 10.0 Å². The van der Waals surface area contributed by atoms with Crippen molar-refractivity contribution in [1.29, 1.82) is 0 Å². The highest BCUT2D eigenvalue weighted by Gasteiger charge is 2.47. The molecule has 2 fully saturated rings. The van der Waals surface area contributed by atoms with Crippen molar-refractivity contribution < 1.29 is 26.7 Å². The molecule has 12 heteroatoms. The van der Waals surface area contributed by atoms with Gasteiger partial charge in [-0.15, -0.1) is 0 Å². The Bertz CT molecular complexity index is 846. The molecule has 1 saturated carbocycles. The quantitative estimate of drug-likeness (QED) is 0.318. The molecule has 1 heterocycles. The Morgan fingerprint density at radius 1 is 1.06 bits per heavy atom. The Morgan fingerprint density at radius 3 is 2.12 bits per heavy atom. The maximum atomic E-state index is 14.0. The Hall–Kier alpha value is -0.810. The van der Waals surface area contributed by atoms with Gasteiger partial charge in [0.1, 0.15) is 0 Å². The predicted molar refractivity (Wildman–Crippen MR) is 126 cm³/mol. The first kappa shape index (κ1) is 27.8. The molecule has 1 aromatic carbocycles. The van der Waals surface area contributed by atoms with Crippen LogP contribution in [0, 0.1) is 0 Å². The Balaban J connectivity index is 1.74. The molecule has 2 aliphatic rings. The largest absolute Gasteiger partial charge is 0.416 e. The highest BCUT2D eigenvalue weighted by Crippen LogP contribution is 2.42. The van der Waals surface area contributed by atoms with Crippen LogP contribution in [-0.2, 0) is 6.18 Å². The van der Waals surface area contributed by atoms with Crippen LogP contribution in [-0.4, -0.2) is 65.1 Å². The van der Waals surface area contributed by atoms with E-state index in [0.717, 1.165) is 25.3 Å². The number of rotatable bonds is 7. The second-order valence-corrected chi connectivity index (χ2v) is 10.8. The van der Waals surface area contributed by atoms with Crippen molar-refractivity contribution in [3.8, 4) is 0 Å². The topological polar surface area (TPSA) is 35.6 Å². The van der Waals surface area contributed by atoms with Gasteiger partial charge in [0.15, 0.2) is 0 Å². The normalized spacial score (nSPS) is 21.4. The molecule has 1 aliphatic heterocycles. The molecular formula is C22H28Cl2F5N3OS. The van der Waals surface area contributed by atoms with E-state index in [1.165, 1.54) is 0 Å². The number of carbonyl (C=O) groups excluding carboxylic acids is 1. The molecule has 0 aromatic heterocycles. The van der Waals surface area contributed by atoms with E-state index in [9.17, 15) is 26.7 Å². The molecule has 0 bridgehead atoms. The van der Waals surface area contributed by atoms with Gasteiger partial charge >= 0.3 is 6.18 Å². The molecule has 192 valence electrons. The fraction of sp³-hybridized carbons (Fsp3) is 0.682. The first-order valence-electron chi connectivity index (χ1n) is 11.2. The van der Waals surface area contributed by atoms with Gasteiger partial charge in [0, 0.05) is 56.9 Å². The zero-order valence-electron chi connectivity index (χ0n) is 18.8. The number of alkyl halides is 5. The number of nitrogens with zero attached hydrogens (tertiary/aromatic N) is 2. The first-order valence-corrected chi connectivity index (χ1v) is 12.9. The summed E-state index contributed by atoms with van der Waals surface area (Å²) >= 11 is 13.7. The van der Waals surface area contributed by atoms with Crippen LogP contribution < -0.4 is 5.32 Å².